The molecule has 0 unspecified atom stereocenters. The second-order valence-electron chi connectivity index (χ2n) is 3.74. The SMILES string of the molecule is O=C(NNS(=O)(=O)c1cnc(Cl)c(Br)c1)c1ccncc1. The number of amides is 1. The molecular formula is C11H8BrClN4O3S. The molecule has 0 atom stereocenters. The number of rotatable bonds is 4. The standard InChI is InChI=1S/C11H8BrClN4O3S/c12-9-5-8(6-15-10(9)13)21(19,20)17-16-11(18)7-1-3-14-4-2-7/h1-6,17H,(H,16,18). The van der Waals surface area contributed by atoms with E-state index < -0.39 is 15.9 Å². The molecule has 2 heterocycles. The second kappa shape index (κ2) is 6.48. The van der Waals surface area contributed by atoms with Gasteiger partial charge in [0.1, 0.15) is 10.0 Å². The van der Waals surface area contributed by atoms with Crippen LogP contribution in [-0.4, -0.2) is 24.3 Å². The Morgan fingerprint density at radius 2 is 1.95 bits per heavy atom. The van der Waals surface area contributed by atoms with Crippen LogP contribution >= 0.6 is 27.5 Å². The first-order valence-electron chi connectivity index (χ1n) is 5.43. The minimum Gasteiger partial charge on any atom is -0.273 e. The molecule has 110 valence electrons. The van der Waals surface area contributed by atoms with Gasteiger partial charge in [0.2, 0.25) is 0 Å². The summed E-state index contributed by atoms with van der Waals surface area (Å²) in [7, 11) is -3.95. The van der Waals surface area contributed by atoms with Crippen molar-refractivity contribution in [3.63, 3.8) is 0 Å². The maximum Gasteiger partial charge on any atom is 0.266 e. The van der Waals surface area contributed by atoms with Crippen molar-refractivity contribution < 1.29 is 13.2 Å². The highest BCUT2D eigenvalue weighted by atomic mass is 79.9. The van der Waals surface area contributed by atoms with Crippen molar-refractivity contribution in [2.24, 2.45) is 0 Å². The van der Waals surface area contributed by atoms with Crippen LogP contribution in [0.4, 0.5) is 0 Å². The Kier molecular flexibility index (Phi) is 4.88. The maximum atomic E-state index is 12.0. The Hall–Kier alpha value is -1.55. The van der Waals surface area contributed by atoms with Crippen LogP contribution in [0.5, 0.6) is 0 Å². The zero-order valence-corrected chi connectivity index (χ0v) is 13.4. The summed E-state index contributed by atoms with van der Waals surface area (Å²) in [5, 5.41) is 0.134. The highest BCUT2D eigenvalue weighted by Gasteiger charge is 2.17. The van der Waals surface area contributed by atoms with Gasteiger partial charge in [-0.25, -0.2) is 13.4 Å². The molecule has 0 aliphatic heterocycles. The summed E-state index contributed by atoms with van der Waals surface area (Å²) in [5.74, 6) is -0.609. The normalized spacial score (nSPS) is 11.1. The molecule has 2 aromatic rings. The van der Waals surface area contributed by atoms with Crippen molar-refractivity contribution in [2.45, 2.75) is 4.90 Å². The van der Waals surface area contributed by atoms with Crippen LogP contribution in [-0.2, 0) is 10.0 Å². The van der Waals surface area contributed by atoms with Gasteiger partial charge in [-0.3, -0.25) is 15.2 Å². The molecule has 0 aromatic carbocycles. The Labute approximate surface area is 133 Å². The molecule has 0 bridgehead atoms. The highest BCUT2D eigenvalue weighted by Crippen LogP contribution is 2.22. The highest BCUT2D eigenvalue weighted by molar-refractivity contribution is 9.10. The molecule has 21 heavy (non-hydrogen) atoms. The second-order valence-corrected chi connectivity index (χ2v) is 6.63. The van der Waals surface area contributed by atoms with Gasteiger partial charge in [-0.2, -0.15) is 0 Å². The van der Waals surface area contributed by atoms with E-state index in [1.165, 1.54) is 30.6 Å². The largest absolute Gasteiger partial charge is 0.273 e. The Morgan fingerprint density at radius 3 is 2.57 bits per heavy atom. The van der Waals surface area contributed by atoms with Gasteiger partial charge in [-0.1, -0.05) is 11.6 Å². The Morgan fingerprint density at radius 1 is 1.29 bits per heavy atom. The number of sulfonamides is 1. The number of hydrogen-bond acceptors (Lipinski definition) is 5. The lowest BCUT2D eigenvalue weighted by atomic mass is 10.3. The summed E-state index contributed by atoms with van der Waals surface area (Å²) < 4.78 is 24.3. The number of pyridine rings is 2. The lowest BCUT2D eigenvalue weighted by Gasteiger charge is -2.08. The number of carbonyl (C=O) groups excluding carboxylic acids is 1. The average molecular weight is 392 g/mol. The van der Waals surface area contributed by atoms with Gasteiger partial charge >= 0.3 is 0 Å². The summed E-state index contributed by atoms with van der Waals surface area (Å²) in [6.45, 7) is 0. The molecular weight excluding hydrogens is 384 g/mol. The van der Waals surface area contributed by atoms with Gasteiger partial charge in [0.15, 0.2) is 0 Å². The molecule has 0 aliphatic carbocycles. The van der Waals surface area contributed by atoms with Crippen LogP contribution in [0.2, 0.25) is 5.15 Å². The van der Waals surface area contributed by atoms with E-state index in [0.717, 1.165) is 6.20 Å². The topological polar surface area (TPSA) is 101 Å². The summed E-state index contributed by atoms with van der Waals surface area (Å²) in [4.78, 5) is 21.0. The first-order chi connectivity index (χ1) is 9.90. The molecule has 2 N–H and O–H groups in total. The Balaban J connectivity index is 2.11. The smallest absolute Gasteiger partial charge is 0.266 e. The van der Waals surface area contributed by atoms with Crippen LogP contribution in [0.3, 0.4) is 0 Å². The number of halogens is 2. The van der Waals surface area contributed by atoms with Crippen LogP contribution in [0, 0.1) is 0 Å². The predicted molar refractivity (Wildman–Crippen MR) is 79.0 cm³/mol. The van der Waals surface area contributed by atoms with E-state index >= 15 is 0 Å². The molecule has 0 spiro atoms. The van der Waals surface area contributed by atoms with Gasteiger partial charge in [0, 0.05) is 24.2 Å². The molecule has 0 saturated carbocycles. The fourth-order valence-electron chi connectivity index (χ4n) is 1.30. The van der Waals surface area contributed by atoms with Crippen molar-refractivity contribution in [3.8, 4) is 0 Å². The van der Waals surface area contributed by atoms with Gasteiger partial charge < -0.3 is 0 Å². The third kappa shape index (κ3) is 3.97. The molecule has 0 fully saturated rings. The van der Waals surface area contributed by atoms with E-state index in [-0.39, 0.29) is 15.6 Å². The maximum absolute atomic E-state index is 12.0. The fraction of sp³-hybridized carbons (Fsp3) is 0. The summed E-state index contributed by atoms with van der Waals surface area (Å²) >= 11 is 8.76. The van der Waals surface area contributed by atoms with Gasteiger partial charge in [0.05, 0.1) is 4.47 Å². The molecule has 1 amide bonds. The molecule has 0 saturated heterocycles. The number of aromatic nitrogens is 2. The molecule has 0 radical (unpaired) electrons. The number of nitrogens with zero attached hydrogens (tertiary/aromatic N) is 2. The van der Waals surface area contributed by atoms with Gasteiger partial charge in [-0.15, -0.1) is 4.83 Å². The Bertz CT molecular complexity index is 770. The zero-order chi connectivity index (χ0) is 15.5. The van der Waals surface area contributed by atoms with Crippen molar-refractivity contribution >= 4 is 43.5 Å². The first-order valence-corrected chi connectivity index (χ1v) is 8.09. The van der Waals surface area contributed by atoms with E-state index in [9.17, 15) is 13.2 Å². The molecule has 2 rings (SSSR count). The molecule has 10 heteroatoms. The molecule has 2 aromatic heterocycles. The first kappa shape index (κ1) is 15.8. The number of hydrazine groups is 1. The van der Waals surface area contributed by atoms with Crippen molar-refractivity contribution in [2.75, 3.05) is 0 Å². The van der Waals surface area contributed by atoms with E-state index in [0.29, 0.717) is 4.47 Å². The third-order valence-electron chi connectivity index (χ3n) is 2.32. The fourth-order valence-corrected chi connectivity index (χ4v) is 2.71. The minimum atomic E-state index is -3.95. The van der Waals surface area contributed by atoms with Crippen molar-refractivity contribution in [1.29, 1.82) is 0 Å². The van der Waals surface area contributed by atoms with Crippen molar-refractivity contribution in [1.82, 2.24) is 20.2 Å². The van der Waals surface area contributed by atoms with E-state index in [1.54, 1.807) is 0 Å². The average Bonchev–Trinajstić information content (AvgIpc) is 2.48. The third-order valence-corrected chi connectivity index (χ3v) is 4.67. The lowest BCUT2D eigenvalue weighted by Crippen LogP contribution is -2.41. The van der Waals surface area contributed by atoms with E-state index in [2.05, 4.69) is 31.3 Å². The summed E-state index contributed by atoms with van der Waals surface area (Å²) in [6, 6.07) is 4.17. The number of carbonyl (C=O) groups is 1. The van der Waals surface area contributed by atoms with Gasteiger partial charge in [-0.05, 0) is 34.1 Å². The zero-order valence-electron chi connectivity index (χ0n) is 10.2. The predicted octanol–water partition coefficient (Wildman–Crippen LogP) is 1.52. The summed E-state index contributed by atoms with van der Waals surface area (Å²) in [6.07, 6.45) is 3.92. The number of nitrogens with one attached hydrogen (secondary N) is 2. The minimum absolute atomic E-state index is 0.134. The molecule has 7 nitrogen and oxygen atoms in total. The monoisotopic (exact) mass is 390 g/mol. The van der Waals surface area contributed by atoms with E-state index in [1.807, 2.05) is 4.83 Å². The van der Waals surface area contributed by atoms with Gasteiger partial charge in [0.25, 0.3) is 15.9 Å². The van der Waals surface area contributed by atoms with Crippen LogP contribution in [0.15, 0.2) is 46.2 Å². The quantitative estimate of drug-likeness (QED) is 0.608. The lowest BCUT2D eigenvalue weighted by molar-refractivity contribution is 0.0945. The van der Waals surface area contributed by atoms with Crippen molar-refractivity contribution in [3.05, 3.63) is 52.0 Å². The van der Waals surface area contributed by atoms with Crippen LogP contribution in [0.1, 0.15) is 10.4 Å². The summed E-state index contributed by atoms with van der Waals surface area (Å²) in [5.41, 5.74) is 2.36. The number of hydrogen-bond donors (Lipinski definition) is 2. The molecule has 0 aliphatic rings. The van der Waals surface area contributed by atoms with Crippen LogP contribution < -0.4 is 10.3 Å². The van der Waals surface area contributed by atoms with Crippen LogP contribution in [0.25, 0.3) is 0 Å². The van der Waals surface area contributed by atoms with E-state index in [4.69, 9.17) is 11.6 Å².